The molecule has 0 saturated heterocycles. The zero-order chi connectivity index (χ0) is 15.0. The van der Waals surface area contributed by atoms with Gasteiger partial charge >= 0.3 is 0 Å². The fourth-order valence-electron chi connectivity index (χ4n) is 3.16. The molecule has 0 bridgehead atoms. The van der Waals surface area contributed by atoms with Crippen molar-refractivity contribution in [1.82, 2.24) is 0 Å². The Hall–Kier alpha value is -2.12. The summed E-state index contributed by atoms with van der Waals surface area (Å²) in [7, 11) is 0. The van der Waals surface area contributed by atoms with Crippen LogP contribution in [0.4, 0.5) is 0 Å². The molecular formula is C20H20O. The lowest BCUT2D eigenvalue weighted by Gasteiger charge is -2.02. The fourth-order valence-corrected chi connectivity index (χ4v) is 3.16. The second kappa shape index (κ2) is 5.34. The topological polar surface area (TPSA) is 20.2 Å². The fraction of sp³-hybridized carbons (Fsp3) is 0.200. The molecule has 1 N–H and O–H groups in total. The van der Waals surface area contributed by atoms with E-state index < -0.39 is 0 Å². The van der Waals surface area contributed by atoms with Crippen LogP contribution in [0.5, 0.6) is 0 Å². The maximum Gasteiger partial charge on any atom is 0.0684 e. The van der Waals surface area contributed by atoms with Gasteiger partial charge in [-0.1, -0.05) is 42.5 Å². The van der Waals surface area contributed by atoms with Crippen LogP contribution >= 0.6 is 0 Å². The minimum absolute atomic E-state index is 0.106. The normalized spacial score (nSPS) is 11.0. The minimum atomic E-state index is 0.106. The molecule has 0 fully saturated rings. The molecule has 0 unspecified atom stereocenters. The van der Waals surface area contributed by atoms with Crippen molar-refractivity contribution in [1.29, 1.82) is 0 Å². The van der Waals surface area contributed by atoms with E-state index in [1.54, 1.807) is 0 Å². The van der Waals surface area contributed by atoms with Gasteiger partial charge in [-0.2, -0.15) is 0 Å². The van der Waals surface area contributed by atoms with Crippen LogP contribution in [0.25, 0.3) is 22.3 Å². The second-order valence-corrected chi connectivity index (χ2v) is 5.72. The third kappa shape index (κ3) is 2.34. The van der Waals surface area contributed by atoms with Crippen molar-refractivity contribution >= 4 is 0 Å². The van der Waals surface area contributed by atoms with Gasteiger partial charge in [0.2, 0.25) is 0 Å². The van der Waals surface area contributed by atoms with Crippen LogP contribution in [0.3, 0.4) is 0 Å². The summed E-state index contributed by atoms with van der Waals surface area (Å²) < 4.78 is 0. The predicted molar refractivity (Wildman–Crippen MR) is 88.6 cm³/mol. The first-order valence-corrected chi connectivity index (χ1v) is 7.31. The predicted octanol–water partition coefficient (Wildman–Crippen LogP) is 4.88. The van der Waals surface area contributed by atoms with Crippen LogP contribution in [-0.4, -0.2) is 5.11 Å². The van der Waals surface area contributed by atoms with E-state index in [0.29, 0.717) is 0 Å². The summed E-state index contributed by atoms with van der Waals surface area (Å²) in [5, 5.41) is 9.50. The number of rotatable bonds is 2. The first-order valence-electron chi connectivity index (χ1n) is 7.31. The minimum Gasteiger partial charge on any atom is -0.392 e. The Labute approximate surface area is 126 Å². The highest BCUT2D eigenvalue weighted by Crippen LogP contribution is 2.37. The Kier molecular flexibility index (Phi) is 3.52. The zero-order valence-corrected chi connectivity index (χ0v) is 12.8. The van der Waals surface area contributed by atoms with Crippen LogP contribution in [-0.2, 0) is 6.61 Å². The molecule has 1 heteroatoms. The van der Waals surface area contributed by atoms with Gasteiger partial charge in [0, 0.05) is 0 Å². The van der Waals surface area contributed by atoms with Crippen molar-refractivity contribution < 1.29 is 5.11 Å². The first-order chi connectivity index (χ1) is 10.1. The van der Waals surface area contributed by atoms with Gasteiger partial charge in [0.1, 0.15) is 0 Å². The van der Waals surface area contributed by atoms with E-state index in [4.69, 9.17) is 0 Å². The van der Waals surface area contributed by atoms with E-state index in [2.05, 4.69) is 63.2 Å². The molecule has 2 aliphatic rings. The van der Waals surface area contributed by atoms with Crippen molar-refractivity contribution in [2.75, 3.05) is 0 Å². The molecule has 0 amide bonds. The van der Waals surface area contributed by atoms with E-state index in [1.165, 1.54) is 38.9 Å². The Morgan fingerprint density at radius 2 is 1.48 bits per heavy atom. The highest BCUT2D eigenvalue weighted by Gasteiger charge is 2.16. The molecule has 0 atom stereocenters. The molecule has 1 aromatic rings. The summed E-state index contributed by atoms with van der Waals surface area (Å²) in [5.74, 6) is 0. The Morgan fingerprint density at radius 3 is 2.14 bits per heavy atom. The van der Waals surface area contributed by atoms with Gasteiger partial charge in [0.15, 0.2) is 0 Å². The molecule has 0 spiro atoms. The van der Waals surface area contributed by atoms with Crippen molar-refractivity contribution in [3.8, 4) is 22.3 Å². The lowest BCUT2D eigenvalue weighted by atomic mass is 10.0. The number of fused-ring (bicyclic) bond motifs is 1. The molecule has 3 rings (SSSR count). The largest absolute Gasteiger partial charge is 0.392 e. The summed E-state index contributed by atoms with van der Waals surface area (Å²) >= 11 is 0. The van der Waals surface area contributed by atoms with Gasteiger partial charge in [-0.05, 0) is 71.3 Å². The number of hydrogen-bond donors (Lipinski definition) is 1. The SMILES string of the molecule is Cc1cc(-c2ccccc2)cc(C)c2c(C)c(CO)cc1-2. The third-order valence-electron chi connectivity index (χ3n) is 4.29. The number of aliphatic hydroxyl groups excluding tert-OH is 1. The highest BCUT2D eigenvalue weighted by molar-refractivity contribution is 5.81. The van der Waals surface area contributed by atoms with Crippen molar-refractivity contribution in [3.63, 3.8) is 0 Å². The molecule has 106 valence electrons. The average molecular weight is 276 g/mol. The molecule has 1 nitrogen and oxygen atoms in total. The molecule has 1 aromatic carbocycles. The van der Waals surface area contributed by atoms with Crippen molar-refractivity contribution in [2.45, 2.75) is 27.4 Å². The summed E-state index contributed by atoms with van der Waals surface area (Å²) in [6.07, 6.45) is 0. The maximum absolute atomic E-state index is 9.50. The van der Waals surface area contributed by atoms with Gasteiger partial charge < -0.3 is 5.11 Å². The summed E-state index contributed by atoms with van der Waals surface area (Å²) in [5.41, 5.74) is 9.74. The van der Waals surface area contributed by atoms with E-state index in [9.17, 15) is 5.11 Å². The lowest BCUT2D eigenvalue weighted by molar-refractivity contribution is 0.281. The van der Waals surface area contributed by atoms with Gasteiger partial charge in [0.05, 0.1) is 6.61 Å². The van der Waals surface area contributed by atoms with E-state index in [1.807, 2.05) is 6.07 Å². The van der Waals surface area contributed by atoms with Gasteiger partial charge in [-0.25, -0.2) is 0 Å². The Bertz CT molecular complexity index is 757. The number of aliphatic hydroxyl groups is 1. The Morgan fingerprint density at radius 1 is 0.810 bits per heavy atom. The number of aryl methyl sites for hydroxylation is 2. The average Bonchev–Trinajstić information content (AvgIpc) is 2.77. The third-order valence-corrected chi connectivity index (χ3v) is 4.29. The molecule has 0 heterocycles. The van der Waals surface area contributed by atoms with Crippen LogP contribution in [0.1, 0.15) is 22.3 Å². The number of hydrogen-bond acceptors (Lipinski definition) is 1. The second-order valence-electron chi connectivity index (χ2n) is 5.72. The van der Waals surface area contributed by atoms with Crippen LogP contribution < -0.4 is 0 Å². The lowest BCUT2D eigenvalue weighted by Crippen LogP contribution is -1.83. The zero-order valence-electron chi connectivity index (χ0n) is 12.8. The highest BCUT2D eigenvalue weighted by atomic mass is 16.3. The van der Waals surface area contributed by atoms with E-state index in [0.717, 1.165) is 5.56 Å². The molecular weight excluding hydrogens is 256 g/mol. The van der Waals surface area contributed by atoms with E-state index in [-0.39, 0.29) is 6.61 Å². The van der Waals surface area contributed by atoms with Gasteiger partial charge in [-0.3, -0.25) is 0 Å². The molecule has 21 heavy (non-hydrogen) atoms. The summed E-state index contributed by atoms with van der Waals surface area (Å²) in [4.78, 5) is 0. The Balaban J connectivity index is 2.31. The smallest absolute Gasteiger partial charge is 0.0684 e. The molecule has 0 aromatic heterocycles. The quantitative estimate of drug-likeness (QED) is 0.707. The van der Waals surface area contributed by atoms with Crippen molar-refractivity contribution in [2.24, 2.45) is 0 Å². The first kappa shape index (κ1) is 13.8. The summed E-state index contributed by atoms with van der Waals surface area (Å²) in [6.45, 7) is 6.51. The molecule has 2 aliphatic carbocycles. The summed E-state index contributed by atoms with van der Waals surface area (Å²) in [6, 6.07) is 17.1. The standard InChI is InChI=1S/C20H20O/c1-13-9-17(16-7-5-4-6-8-16)10-14(2)20-15(3)18(12-21)11-19(13)20/h4-11,21H,12H2,1-3H3. The van der Waals surface area contributed by atoms with Crippen molar-refractivity contribution in [3.05, 3.63) is 70.8 Å². The van der Waals surface area contributed by atoms with Crippen LogP contribution in [0, 0.1) is 20.8 Å². The molecule has 0 saturated carbocycles. The monoisotopic (exact) mass is 276 g/mol. The van der Waals surface area contributed by atoms with Crippen LogP contribution in [0.2, 0.25) is 0 Å². The molecule has 0 aliphatic heterocycles. The van der Waals surface area contributed by atoms with E-state index >= 15 is 0 Å². The van der Waals surface area contributed by atoms with Gasteiger partial charge in [-0.15, -0.1) is 0 Å². The maximum atomic E-state index is 9.50. The van der Waals surface area contributed by atoms with Crippen LogP contribution in [0.15, 0.2) is 48.5 Å². The molecule has 0 radical (unpaired) electrons. The number of benzene rings is 1. The van der Waals surface area contributed by atoms with Gasteiger partial charge in [0.25, 0.3) is 0 Å².